The summed E-state index contributed by atoms with van der Waals surface area (Å²) in [5.41, 5.74) is 16.0. The topological polar surface area (TPSA) is 78.1 Å². The molecule has 0 radical (unpaired) electrons. The molecule has 0 aliphatic rings. The maximum absolute atomic E-state index is 5.33. The van der Waals surface area contributed by atoms with Crippen LogP contribution in [0.2, 0.25) is 0 Å². The van der Waals surface area contributed by atoms with E-state index in [4.69, 9.17) is 17.2 Å². The Morgan fingerprint density at radius 1 is 1.20 bits per heavy atom. The third-order valence-corrected chi connectivity index (χ3v) is 1.21. The molecule has 6 N–H and O–H groups in total. The minimum absolute atomic E-state index is 0. The zero-order valence-corrected chi connectivity index (χ0v) is 7.06. The Hall–Kier alpha value is 0.477. The number of rotatable bonds is 4. The molecular weight excluding hydrogens is 121 g/mol. The van der Waals surface area contributed by atoms with Gasteiger partial charge >= 0.3 is 18.9 Å². The Kier molecular flexibility index (Phi) is 8.12. The monoisotopic (exact) mass is 139 g/mol. The summed E-state index contributed by atoms with van der Waals surface area (Å²) in [6, 6.07) is 0. The predicted molar refractivity (Wildman–Crippen MR) is 40.5 cm³/mol. The van der Waals surface area contributed by atoms with Gasteiger partial charge in [0.2, 0.25) is 0 Å². The first-order valence-electron chi connectivity index (χ1n) is 3.43. The molecule has 0 aromatic carbocycles. The van der Waals surface area contributed by atoms with Crippen molar-refractivity contribution >= 4 is 0 Å². The smallest absolute Gasteiger partial charge is 1.00 e. The first-order valence-corrected chi connectivity index (χ1v) is 3.43. The molecule has 0 spiro atoms. The van der Waals surface area contributed by atoms with E-state index < -0.39 is 5.79 Å². The van der Waals surface area contributed by atoms with E-state index in [1.165, 1.54) is 6.42 Å². The summed E-state index contributed by atoms with van der Waals surface area (Å²) in [6.45, 7) is 2.13. The normalized spacial score (nSPS) is 10.8. The molecule has 0 amide bonds. The molecule has 58 valence electrons. The van der Waals surface area contributed by atoms with Crippen molar-refractivity contribution in [3.05, 3.63) is 0 Å². The van der Waals surface area contributed by atoms with Crippen molar-refractivity contribution in [2.45, 2.75) is 38.4 Å². The third-order valence-electron chi connectivity index (χ3n) is 1.21. The van der Waals surface area contributed by atoms with Crippen LogP contribution in [0.3, 0.4) is 0 Å². The van der Waals surface area contributed by atoms with Crippen molar-refractivity contribution in [3.63, 3.8) is 0 Å². The van der Waals surface area contributed by atoms with E-state index in [0.29, 0.717) is 6.42 Å². The predicted octanol–water partition coefficient (Wildman–Crippen LogP) is -2.79. The van der Waals surface area contributed by atoms with Gasteiger partial charge in [0.15, 0.2) is 0 Å². The van der Waals surface area contributed by atoms with Gasteiger partial charge in [0, 0.05) is 0 Å². The standard InChI is InChI=1S/C6H17N3.Li.H/c1-2-3-4-5-6(7,8)9;;/h2-5,7-9H2,1H3;;/q;+1;-1. The molecule has 10 heavy (non-hydrogen) atoms. The van der Waals surface area contributed by atoms with Crippen molar-refractivity contribution < 1.29 is 20.3 Å². The summed E-state index contributed by atoms with van der Waals surface area (Å²) in [5, 5.41) is 0. The van der Waals surface area contributed by atoms with Crippen LogP contribution in [0.5, 0.6) is 0 Å². The van der Waals surface area contributed by atoms with Gasteiger partial charge in [-0.2, -0.15) is 0 Å². The van der Waals surface area contributed by atoms with E-state index in [0.717, 1.165) is 12.8 Å². The second kappa shape index (κ2) is 6.20. The molecule has 0 rings (SSSR count). The molecule has 0 atom stereocenters. The van der Waals surface area contributed by atoms with Gasteiger partial charge in [-0.25, -0.2) is 0 Å². The average molecular weight is 139 g/mol. The zero-order valence-electron chi connectivity index (χ0n) is 8.06. The zero-order chi connectivity index (χ0) is 7.33. The Morgan fingerprint density at radius 2 is 1.70 bits per heavy atom. The van der Waals surface area contributed by atoms with E-state index in [1.54, 1.807) is 0 Å². The van der Waals surface area contributed by atoms with E-state index in [9.17, 15) is 0 Å². The Morgan fingerprint density at radius 3 is 2.00 bits per heavy atom. The molecule has 0 aromatic rings. The SMILES string of the molecule is CCCCCC(N)(N)N.[H-].[Li+]. The quantitative estimate of drug-likeness (QED) is 0.224. The van der Waals surface area contributed by atoms with E-state index >= 15 is 0 Å². The van der Waals surface area contributed by atoms with Crippen LogP contribution in [0, 0.1) is 0 Å². The summed E-state index contributed by atoms with van der Waals surface area (Å²) in [5.74, 6) is -0.949. The van der Waals surface area contributed by atoms with Gasteiger partial charge in [0.1, 0.15) is 5.79 Å². The molecule has 0 heterocycles. The summed E-state index contributed by atoms with van der Waals surface area (Å²) in [4.78, 5) is 0. The number of nitrogens with two attached hydrogens (primary N) is 3. The van der Waals surface area contributed by atoms with Gasteiger partial charge in [0.25, 0.3) is 0 Å². The third kappa shape index (κ3) is 11.3. The molecule has 0 unspecified atom stereocenters. The fraction of sp³-hybridized carbons (Fsp3) is 1.00. The molecule has 3 nitrogen and oxygen atoms in total. The van der Waals surface area contributed by atoms with E-state index in [-0.39, 0.29) is 20.3 Å². The molecule has 0 saturated heterocycles. The Bertz CT molecular complexity index is 74.7. The number of unbranched alkanes of at least 4 members (excludes halogenated alkanes) is 2. The molecule has 0 aliphatic carbocycles. The molecule has 0 fully saturated rings. The minimum Gasteiger partial charge on any atom is -1.00 e. The largest absolute Gasteiger partial charge is 1.00 e. The van der Waals surface area contributed by atoms with E-state index in [1.807, 2.05) is 0 Å². The molecule has 0 aromatic heterocycles. The summed E-state index contributed by atoms with van der Waals surface area (Å²) in [6.07, 6.45) is 4.07. The second-order valence-corrected chi connectivity index (χ2v) is 2.57. The Balaban J connectivity index is -0.000000320. The number of hydrogen-bond acceptors (Lipinski definition) is 3. The fourth-order valence-corrected chi connectivity index (χ4v) is 0.681. The van der Waals surface area contributed by atoms with Gasteiger partial charge in [-0.3, -0.25) is 0 Å². The van der Waals surface area contributed by atoms with Crippen LogP contribution in [0.4, 0.5) is 0 Å². The summed E-state index contributed by atoms with van der Waals surface area (Å²) >= 11 is 0. The molecular formula is C6H18LiN3. The van der Waals surface area contributed by atoms with E-state index in [2.05, 4.69) is 6.92 Å². The van der Waals surface area contributed by atoms with Crippen LogP contribution in [-0.2, 0) is 0 Å². The molecule has 0 saturated carbocycles. The van der Waals surface area contributed by atoms with Crippen LogP contribution < -0.4 is 36.1 Å². The number of hydrogen-bond donors (Lipinski definition) is 3. The molecule has 0 bridgehead atoms. The first kappa shape index (κ1) is 13.1. The van der Waals surface area contributed by atoms with Crippen LogP contribution >= 0.6 is 0 Å². The van der Waals surface area contributed by atoms with Crippen molar-refractivity contribution in [2.24, 2.45) is 17.2 Å². The first-order chi connectivity index (χ1) is 4.06. The summed E-state index contributed by atoms with van der Waals surface area (Å²) < 4.78 is 0. The minimum atomic E-state index is -0.949. The summed E-state index contributed by atoms with van der Waals surface area (Å²) in [7, 11) is 0. The molecule has 0 aliphatic heterocycles. The van der Waals surface area contributed by atoms with Crippen LogP contribution in [0.1, 0.15) is 34.0 Å². The maximum atomic E-state index is 5.33. The van der Waals surface area contributed by atoms with Gasteiger partial charge in [0.05, 0.1) is 0 Å². The Labute approximate surface area is 76.4 Å². The fourth-order valence-electron chi connectivity index (χ4n) is 0.681. The molecule has 4 heteroatoms. The van der Waals surface area contributed by atoms with Crippen LogP contribution in [0.25, 0.3) is 0 Å². The average Bonchev–Trinajstić information content (AvgIpc) is 1.63. The van der Waals surface area contributed by atoms with Crippen molar-refractivity contribution in [1.82, 2.24) is 0 Å². The van der Waals surface area contributed by atoms with Gasteiger partial charge in [-0.15, -0.1) is 0 Å². The van der Waals surface area contributed by atoms with Crippen molar-refractivity contribution in [1.29, 1.82) is 0 Å². The van der Waals surface area contributed by atoms with Crippen molar-refractivity contribution in [3.8, 4) is 0 Å². The van der Waals surface area contributed by atoms with Crippen LogP contribution in [-0.4, -0.2) is 5.79 Å². The van der Waals surface area contributed by atoms with Crippen molar-refractivity contribution in [2.75, 3.05) is 0 Å². The second-order valence-electron chi connectivity index (χ2n) is 2.57. The maximum Gasteiger partial charge on any atom is 1.00 e. The van der Waals surface area contributed by atoms with Gasteiger partial charge in [-0.05, 0) is 12.8 Å². The van der Waals surface area contributed by atoms with Crippen LogP contribution in [0.15, 0.2) is 0 Å². The van der Waals surface area contributed by atoms with Gasteiger partial charge < -0.3 is 18.6 Å². The van der Waals surface area contributed by atoms with Gasteiger partial charge in [-0.1, -0.05) is 19.8 Å².